The van der Waals surface area contributed by atoms with Gasteiger partial charge in [0.1, 0.15) is 0 Å². The molecule has 3 aliphatic carbocycles. The molecule has 0 bridgehead atoms. The number of allylic oxidation sites excluding steroid dienone is 6. The van der Waals surface area contributed by atoms with Crippen molar-refractivity contribution in [3.05, 3.63) is 71.4 Å². The van der Waals surface area contributed by atoms with E-state index in [4.69, 9.17) is 0 Å². The van der Waals surface area contributed by atoms with Gasteiger partial charge < -0.3 is 15.3 Å². The maximum atomic E-state index is 11.3. The lowest BCUT2D eigenvalue weighted by atomic mass is 9.60. The third-order valence-electron chi connectivity index (χ3n) is 7.52. The summed E-state index contributed by atoms with van der Waals surface area (Å²) in [6.07, 6.45) is 19.2. The maximum Gasteiger partial charge on any atom is 0.0870 e. The second-order valence-corrected chi connectivity index (χ2v) is 10.2. The Hall–Kier alpha value is -1.68. The number of rotatable bonds is 5. The molecule has 0 saturated carbocycles. The van der Waals surface area contributed by atoms with Crippen LogP contribution in [0, 0.1) is 23.7 Å². The summed E-state index contributed by atoms with van der Waals surface area (Å²) in [5, 5.41) is 33.6. The molecule has 30 heavy (non-hydrogen) atoms. The highest BCUT2D eigenvalue weighted by molar-refractivity contribution is 5.33. The zero-order valence-electron chi connectivity index (χ0n) is 19.3. The average Bonchev–Trinajstić information content (AvgIpc) is 2.58. The molecule has 6 atom stereocenters. The molecule has 0 aromatic heterocycles. The van der Waals surface area contributed by atoms with Crippen LogP contribution in [0.2, 0.25) is 0 Å². The van der Waals surface area contributed by atoms with Gasteiger partial charge >= 0.3 is 0 Å². The van der Waals surface area contributed by atoms with Crippen LogP contribution in [0.4, 0.5) is 0 Å². The van der Waals surface area contributed by atoms with Crippen molar-refractivity contribution in [2.24, 2.45) is 23.7 Å². The molecule has 0 spiro atoms. The van der Waals surface area contributed by atoms with E-state index in [1.54, 1.807) is 0 Å². The molecule has 164 valence electrons. The van der Waals surface area contributed by atoms with Crippen molar-refractivity contribution in [1.82, 2.24) is 0 Å². The molecule has 0 fully saturated rings. The first-order valence-corrected chi connectivity index (χ1v) is 11.1. The normalized spacial score (nSPS) is 41.9. The quantitative estimate of drug-likeness (QED) is 0.595. The fraction of sp³-hybridized carbons (Fsp3) is 0.556. The monoisotopic (exact) mass is 410 g/mol. The Bertz CT molecular complexity index is 799. The van der Waals surface area contributed by atoms with Gasteiger partial charge in [-0.15, -0.1) is 0 Å². The Balaban J connectivity index is 1.99. The van der Waals surface area contributed by atoms with Gasteiger partial charge in [-0.2, -0.15) is 0 Å². The van der Waals surface area contributed by atoms with Crippen LogP contribution in [0.15, 0.2) is 71.4 Å². The largest absolute Gasteiger partial charge is 0.385 e. The standard InChI is InChI=1S/C27H38O3/c1-18-10-7-15-25(4,28)22(18)14-13-21(23-19(2)11-8-16-26(23,5)29)24-20(3)12-9-17-27(24,6)30/h7-12,15-17,21-24,28-30H,13-14H2,1-6H3. The van der Waals surface area contributed by atoms with E-state index in [0.717, 1.165) is 24.0 Å². The van der Waals surface area contributed by atoms with Gasteiger partial charge in [-0.25, -0.2) is 0 Å². The van der Waals surface area contributed by atoms with Gasteiger partial charge in [0.2, 0.25) is 0 Å². The molecule has 0 aliphatic heterocycles. The lowest BCUT2D eigenvalue weighted by Gasteiger charge is -2.48. The highest BCUT2D eigenvalue weighted by Gasteiger charge is 2.48. The minimum atomic E-state index is -0.985. The first kappa shape index (κ1) is 23.0. The Morgan fingerprint density at radius 3 is 1.50 bits per heavy atom. The van der Waals surface area contributed by atoms with Gasteiger partial charge in [0.15, 0.2) is 0 Å². The molecule has 0 heterocycles. The molecular weight excluding hydrogens is 372 g/mol. The Morgan fingerprint density at radius 2 is 1.10 bits per heavy atom. The highest BCUT2D eigenvalue weighted by atomic mass is 16.3. The molecule has 3 N–H and O–H groups in total. The van der Waals surface area contributed by atoms with E-state index in [9.17, 15) is 15.3 Å². The predicted octanol–water partition coefficient (Wildman–Crippen LogP) is 5.03. The summed E-state index contributed by atoms with van der Waals surface area (Å²) in [6, 6.07) is 0. The minimum Gasteiger partial charge on any atom is -0.385 e. The fourth-order valence-corrected chi connectivity index (χ4v) is 6.16. The first-order chi connectivity index (χ1) is 13.9. The third-order valence-corrected chi connectivity index (χ3v) is 7.52. The van der Waals surface area contributed by atoms with Crippen LogP contribution in [0.1, 0.15) is 54.4 Å². The summed E-state index contributed by atoms with van der Waals surface area (Å²) in [7, 11) is 0. The molecule has 6 unspecified atom stereocenters. The van der Waals surface area contributed by atoms with E-state index in [2.05, 4.69) is 39.0 Å². The van der Waals surface area contributed by atoms with Crippen LogP contribution < -0.4 is 0 Å². The van der Waals surface area contributed by atoms with Crippen molar-refractivity contribution in [3.63, 3.8) is 0 Å². The van der Waals surface area contributed by atoms with Crippen molar-refractivity contribution < 1.29 is 15.3 Å². The van der Waals surface area contributed by atoms with Crippen LogP contribution in [0.5, 0.6) is 0 Å². The summed E-state index contributed by atoms with van der Waals surface area (Å²) >= 11 is 0. The molecular formula is C27H38O3. The topological polar surface area (TPSA) is 60.7 Å². The highest BCUT2D eigenvalue weighted by Crippen LogP contribution is 2.49. The van der Waals surface area contributed by atoms with Crippen LogP contribution in [-0.4, -0.2) is 32.1 Å². The molecule has 3 nitrogen and oxygen atoms in total. The van der Waals surface area contributed by atoms with Gasteiger partial charge in [0.25, 0.3) is 0 Å². The molecule has 3 aliphatic rings. The summed E-state index contributed by atoms with van der Waals surface area (Å²) < 4.78 is 0. The van der Waals surface area contributed by atoms with E-state index in [-0.39, 0.29) is 23.7 Å². The van der Waals surface area contributed by atoms with Gasteiger partial charge in [-0.05, 0) is 60.3 Å². The lowest BCUT2D eigenvalue weighted by molar-refractivity contribution is -0.0329. The van der Waals surface area contributed by atoms with Gasteiger partial charge in [0, 0.05) is 17.8 Å². The first-order valence-electron chi connectivity index (χ1n) is 11.1. The fourth-order valence-electron chi connectivity index (χ4n) is 6.16. The van der Waals surface area contributed by atoms with Crippen LogP contribution >= 0.6 is 0 Å². The minimum absolute atomic E-state index is 0.0201. The average molecular weight is 411 g/mol. The number of hydrogen-bond donors (Lipinski definition) is 3. The summed E-state index contributed by atoms with van der Waals surface area (Å²) in [6.45, 7) is 11.8. The third kappa shape index (κ3) is 4.34. The maximum absolute atomic E-state index is 11.3. The molecule has 3 rings (SSSR count). The van der Waals surface area contributed by atoms with E-state index < -0.39 is 16.8 Å². The van der Waals surface area contributed by atoms with Crippen LogP contribution in [-0.2, 0) is 0 Å². The summed E-state index contributed by atoms with van der Waals surface area (Å²) in [5.41, 5.74) is 0.582. The van der Waals surface area contributed by atoms with E-state index in [1.165, 1.54) is 5.57 Å². The summed E-state index contributed by atoms with van der Waals surface area (Å²) in [4.78, 5) is 0. The van der Waals surface area contributed by atoms with E-state index >= 15 is 0 Å². The second kappa shape index (κ2) is 8.11. The zero-order chi connectivity index (χ0) is 22.3. The van der Waals surface area contributed by atoms with Crippen LogP contribution in [0.25, 0.3) is 0 Å². The molecule has 0 saturated heterocycles. The van der Waals surface area contributed by atoms with Crippen molar-refractivity contribution >= 4 is 0 Å². The van der Waals surface area contributed by atoms with Crippen molar-refractivity contribution in [2.45, 2.75) is 71.2 Å². The predicted molar refractivity (Wildman–Crippen MR) is 124 cm³/mol. The number of hydrogen-bond acceptors (Lipinski definition) is 3. The van der Waals surface area contributed by atoms with Gasteiger partial charge in [-0.3, -0.25) is 0 Å². The molecule has 0 aromatic carbocycles. The second-order valence-electron chi connectivity index (χ2n) is 10.2. The Kier molecular flexibility index (Phi) is 6.21. The summed E-state index contributed by atoms with van der Waals surface area (Å²) in [5.74, 6) is -0.178. The Morgan fingerprint density at radius 1 is 0.700 bits per heavy atom. The lowest BCUT2D eigenvalue weighted by Crippen LogP contribution is -2.49. The van der Waals surface area contributed by atoms with Crippen LogP contribution in [0.3, 0.4) is 0 Å². The Labute approximate surface area is 181 Å². The van der Waals surface area contributed by atoms with Crippen molar-refractivity contribution in [1.29, 1.82) is 0 Å². The van der Waals surface area contributed by atoms with Crippen molar-refractivity contribution in [3.8, 4) is 0 Å². The van der Waals surface area contributed by atoms with Gasteiger partial charge in [0.05, 0.1) is 16.8 Å². The molecule has 0 radical (unpaired) electrons. The smallest absolute Gasteiger partial charge is 0.0870 e. The van der Waals surface area contributed by atoms with E-state index in [1.807, 2.05) is 57.2 Å². The molecule has 0 aromatic rings. The molecule has 3 heteroatoms. The SMILES string of the molecule is CC1=CC=CC(C)(O)C1CCC(C1C(C)=CC=CC1(C)O)C1C(C)=CC=CC1(C)O. The zero-order valence-corrected chi connectivity index (χ0v) is 19.3. The van der Waals surface area contributed by atoms with Crippen molar-refractivity contribution in [2.75, 3.05) is 0 Å². The molecule has 0 amide bonds. The van der Waals surface area contributed by atoms with E-state index in [0.29, 0.717) is 0 Å². The van der Waals surface area contributed by atoms with Gasteiger partial charge in [-0.1, -0.05) is 71.4 Å². The number of aliphatic hydroxyl groups is 3.